The number of hydrogen-bond donors (Lipinski definition) is 0. The Morgan fingerprint density at radius 3 is 2.36 bits per heavy atom. The van der Waals surface area contributed by atoms with E-state index in [0.29, 0.717) is 17.2 Å². The summed E-state index contributed by atoms with van der Waals surface area (Å²) >= 11 is 0. The molecule has 0 saturated heterocycles. The number of nitriles is 1. The van der Waals surface area contributed by atoms with Crippen molar-refractivity contribution in [2.24, 2.45) is 0 Å². The second-order valence-corrected chi connectivity index (χ2v) is 6.43. The fourth-order valence-corrected chi connectivity index (χ4v) is 3.31. The van der Waals surface area contributed by atoms with E-state index in [9.17, 15) is 18.4 Å². The summed E-state index contributed by atoms with van der Waals surface area (Å²) in [5.41, 5.74) is 1.02. The molecule has 0 spiro atoms. The number of alkyl halides is 3. The van der Waals surface area contributed by atoms with Crippen LogP contribution in [0.2, 0.25) is 0 Å². The quantitative estimate of drug-likeness (QED) is 0.621. The summed E-state index contributed by atoms with van der Waals surface area (Å²) in [5.74, 6) is 0. The molecular formula is C20H19F3N2. The molecule has 3 rings (SSSR count). The third-order valence-corrected chi connectivity index (χ3v) is 4.69. The van der Waals surface area contributed by atoms with Gasteiger partial charge < -0.3 is 4.57 Å². The van der Waals surface area contributed by atoms with Crippen molar-refractivity contribution in [1.82, 2.24) is 4.57 Å². The first-order valence-corrected chi connectivity index (χ1v) is 8.44. The van der Waals surface area contributed by atoms with E-state index in [0.717, 1.165) is 17.7 Å². The monoisotopic (exact) mass is 344 g/mol. The number of aromatic nitrogens is 1. The minimum absolute atomic E-state index is 0.357. The second kappa shape index (κ2) is 7.18. The molecule has 1 saturated carbocycles. The molecular weight excluding hydrogens is 325 g/mol. The summed E-state index contributed by atoms with van der Waals surface area (Å²) in [4.78, 5) is 0. The number of rotatable bonds is 3. The van der Waals surface area contributed by atoms with Crippen LogP contribution in [0.1, 0.15) is 54.8 Å². The van der Waals surface area contributed by atoms with E-state index in [2.05, 4.69) is 10.6 Å². The lowest BCUT2D eigenvalue weighted by Crippen LogP contribution is -2.10. The van der Waals surface area contributed by atoms with E-state index in [1.54, 1.807) is 6.08 Å². The van der Waals surface area contributed by atoms with Crippen LogP contribution in [0.25, 0.3) is 11.6 Å². The summed E-state index contributed by atoms with van der Waals surface area (Å²) in [7, 11) is 0. The number of allylic oxidation sites excluding steroid dienone is 1. The van der Waals surface area contributed by atoms with Crippen LogP contribution in [-0.4, -0.2) is 4.57 Å². The van der Waals surface area contributed by atoms with Gasteiger partial charge in [-0.1, -0.05) is 31.4 Å². The Morgan fingerprint density at radius 2 is 1.76 bits per heavy atom. The largest absolute Gasteiger partial charge is 0.416 e. The molecule has 0 bridgehead atoms. The van der Waals surface area contributed by atoms with Gasteiger partial charge in [-0.3, -0.25) is 0 Å². The standard InChI is InChI=1S/C20H19F3N2/c21-20(22,23)18-8-6-16(7-9-18)17(13-24)12-15-10-11-25(14-15)19-4-2-1-3-5-19/h6-12,14,19H,1-5H2/b17-12+. The highest BCUT2D eigenvalue weighted by Crippen LogP contribution is 2.31. The molecule has 0 amide bonds. The van der Waals surface area contributed by atoms with Gasteiger partial charge in [0, 0.05) is 18.4 Å². The second-order valence-electron chi connectivity index (χ2n) is 6.43. The van der Waals surface area contributed by atoms with Gasteiger partial charge in [0.1, 0.15) is 0 Å². The lowest BCUT2D eigenvalue weighted by atomic mass is 9.95. The van der Waals surface area contributed by atoms with Gasteiger partial charge in [-0.15, -0.1) is 0 Å². The molecule has 0 aliphatic heterocycles. The molecule has 1 aromatic carbocycles. The Balaban J connectivity index is 1.81. The highest BCUT2D eigenvalue weighted by atomic mass is 19.4. The smallest absolute Gasteiger partial charge is 0.351 e. The van der Waals surface area contributed by atoms with Crippen LogP contribution in [0.3, 0.4) is 0 Å². The van der Waals surface area contributed by atoms with Gasteiger partial charge in [0.15, 0.2) is 0 Å². The lowest BCUT2D eigenvalue weighted by molar-refractivity contribution is -0.137. The molecule has 0 atom stereocenters. The van der Waals surface area contributed by atoms with Crippen molar-refractivity contribution < 1.29 is 13.2 Å². The first kappa shape index (κ1) is 17.3. The van der Waals surface area contributed by atoms with Gasteiger partial charge in [0.25, 0.3) is 0 Å². The van der Waals surface area contributed by atoms with Gasteiger partial charge in [-0.25, -0.2) is 0 Å². The van der Waals surface area contributed by atoms with Gasteiger partial charge >= 0.3 is 6.18 Å². The molecule has 1 heterocycles. The van der Waals surface area contributed by atoms with Crippen LogP contribution in [0.4, 0.5) is 13.2 Å². The van der Waals surface area contributed by atoms with E-state index in [1.807, 2.05) is 18.5 Å². The zero-order valence-corrected chi connectivity index (χ0v) is 13.8. The molecule has 5 heteroatoms. The maximum atomic E-state index is 12.6. The van der Waals surface area contributed by atoms with Gasteiger partial charge in [0.2, 0.25) is 0 Å². The predicted molar refractivity (Wildman–Crippen MR) is 91.5 cm³/mol. The molecule has 130 valence electrons. The molecule has 0 radical (unpaired) electrons. The predicted octanol–water partition coefficient (Wildman–Crippen LogP) is 6.08. The third kappa shape index (κ3) is 4.14. The van der Waals surface area contributed by atoms with Crippen molar-refractivity contribution >= 4 is 11.6 Å². The van der Waals surface area contributed by atoms with Crippen molar-refractivity contribution in [2.45, 2.75) is 44.3 Å². The van der Waals surface area contributed by atoms with Crippen molar-refractivity contribution in [3.05, 3.63) is 59.4 Å². The van der Waals surface area contributed by atoms with Crippen LogP contribution in [0.5, 0.6) is 0 Å². The number of halogens is 3. The molecule has 1 fully saturated rings. The third-order valence-electron chi connectivity index (χ3n) is 4.69. The first-order chi connectivity index (χ1) is 12.0. The SMILES string of the molecule is N#C/C(=C\c1ccn(C2CCCCC2)c1)c1ccc(C(F)(F)F)cc1. The van der Waals surface area contributed by atoms with Gasteiger partial charge in [-0.2, -0.15) is 18.4 Å². The summed E-state index contributed by atoms with van der Waals surface area (Å²) < 4.78 is 40.1. The normalized spacial score (nSPS) is 16.6. The molecule has 1 aliphatic carbocycles. The Hall–Kier alpha value is -2.48. The maximum Gasteiger partial charge on any atom is 0.416 e. The van der Waals surface area contributed by atoms with Crippen LogP contribution < -0.4 is 0 Å². The molecule has 1 aromatic heterocycles. The molecule has 1 aliphatic rings. The summed E-state index contributed by atoms with van der Waals surface area (Å²) in [6, 6.07) is 9.23. The summed E-state index contributed by atoms with van der Waals surface area (Å²) in [6.45, 7) is 0. The summed E-state index contributed by atoms with van der Waals surface area (Å²) in [5, 5.41) is 9.38. The molecule has 0 N–H and O–H groups in total. The van der Waals surface area contributed by atoms with E-state index in [1.165, 1.54) is 44.2 Å². The Morgan fingerprint density at radius 1 is 1.08 bits per heavy atom. The van der Waals surface area contributed by atoms with E-state index < -0.39 is 11.7 Å². The number of hydrogen-bond acceptors (Lipinski definition) is 1. The fourth-order valence-electron chi connectivity index (χ4n) is 3.31. The van der Waals surface area contributed by atoms with Crippen molar-refractivity contribution in [3.8, 4) is 6.07 Å². The van der Waals surface area contributed by atoms with Crippen molar-refractivity contribution in [2.75, 3.05) is 0 Å². The lowest BCUT2D eigenvalue weighted by Gasteiger charge is -2.23. The molecule has 25 heavy (non-hydrogen) atoms. The van der Waals surface area contributed by atoms with Crippen LogP contribution >= 0.6 is 0 Å². The fraction of sp³-hybridized carbons (Fsp3) is 0.350. The van der Waals surface area contributed by atoms with E-state index in [4.69, 9.17) is 0 Å². The van der Waals surface area contributed by atoms with E-state index >= 15 is 0 Å². The Labute approximate surface area is 145 Å². The Kier molecular flexibility index (Phi) is 4.98. The maximum absolute atomic E-state index is 12.6. The number of benzene rings is 1. The van der Waals surface area contributed by atoms with E-state index in [-0.39, 0.29) is 0 Å². The van der Waals surface area contributed by atoms with Gasteiger partial charge in [-0.05, 0) is 48.2 Å². The molecule has 0 unspecified atom stereocenters. The Bertz CT molecular complexity index is 786. The highest BCUT2D eigenvalue weighted by molar-refractivity contribution is 5.89. The van der Waals surface area contributed by atoms with Crippen LogP contribution in [-0.2, 0) is 6.18 Å². The number of nitrogens with zero attached hydrogens (tertiary/aromatic N) is 2. The van der Waals surface area contributed by atoms with Crippen molar-refractivity contribution in [3.63, 3.8) is 0 Å². The average molecular weight is 344 g/mol. The van der Waals surface area contributed by atoms with Crippen LogP contribution in [0.15, 0.2) is 42.7 Å². The topological polar surface area (TPSA) is 28.7 Å². The first-order valence-electron chi connectivity index (χ1n) is 8.44. The minimum atomic E-state index is -4.37. The minimum Gasteiger partial charge on any atom is -0.351 e. The highest BCUT2D eigenvalue weighted by Gasteiger charge is 2.30. The molecule has 2 nitrogen and oxygen atoms in total. The zero-order chi connectivity index (χ0) is 17.9. The molecule has 2 aromatic rings. The van der Waals surface area contributed by atoms with Crippen LogP contribution in [0, 0.1) is 11.3 Å². The zero-order valence-electron chi connectivity index (χ0n) is 13.8. The summed E-state index contributed by atoms with van der Waals surface area (Å²) in [6.07, 6.45) is 7.49. The van der Waals surface area contributed by atoms with Crippen molar-refractivity contribution in [1.29, 1.82) is 5.26 Å². The van der Waals surface area contributed by atoms with Gasteiger partial charge in [0.05, 0.1) is 17.2 Å². The average Bonchev–Trinajstić information content (AvgIpc) is 3.08.